The van der Waals surface area contributed by atoms with E-state index in [1.165, 1.54) is 5.56 Å². The standard InChI is InChI=1S/C15H18N4O2/c20-14(16-7-6-13-17-15(21)19-18-13)12-8-11(9-12)10-4-2-1-3-5-10/h1-5,11-12H,6-9H2,(H,16,20)(H2,17,18,19,21). The van der Waals surface area contributed by atoms with E-state index in [2.05, 4.69) is 32.6 Å². The molecule has 21 heavy (non-hydrogen) atoms. The van der Waals surface area contributed by atoms with E-state index in [-0.39, 0.29) is 17.5 Å². The molecule has 1 aromatic carbocycles. The summed E-state index contributed by atoms with van der Waals surface area (Å²) in [5, 5.41) is 9.00. The Morgan fingerprint density at radius 1 is 1.29 bits per heavy atom. The Labute approximate surface area is 122 Å². The highest BCUT2D eigenvalue weighted by Crippen LogP contribution is 2.41. The van der Waals surface area contributed by atoms with E-state index in [1.54, 1.807) is 0 Å². The van der Waals surface area contributed by atoms with Crippen molar-refractivity contribution in [2.45, 2.75) is 25.2 Å². The third kappa shape index (κ3) is 3.21. The van der Waals surface area contributed by atoms with E-state index in [1.807, 2.05) is 18.2 Å². The summed E-state index contributed by atoms with van der Waals surface area (Å²) in [7, 11) is 0. The molecule has 2 aromatic rings. The first kappa shape index (κ1) is 13.6. The lowest BCUT2D eigenvalue weighted by Gasteiger charge is -2.34. The number of aromatic nitrogens is 3. The van der Waals surface area contributed by atoms with Gasteiger partial charge in [0.2, 0.25) is 5.91 Å². The first-order chi connectivity index (χ1) is 10.2. The molecular formula is C15H18N4O2. The van der Waals surface area contributed by atoms with Crippen molar-refractivity contribution in [3.63, 3.8) is 0 Å². The zero-order valence-corrected chi connectivity index (χ0v) is 11.6. The number of amides is 1. The minimum atomic E-state index is -0.318. The molecule has 6 nitrogen and oxygen atoms in total. The molecule has 1 saturated carbocycles. The number of nitrogens with one attached hydrogen (secondary N) is 3. The minimum absolute atomic E-state index is 0.0973. The average molecular weight is 286 g/mol. The fourth-order valence-corrected chi connectivity index (χ4v) is 2.70. The molecule has 1 aliphatic carbocycles. The second-order valence-corrected chi connectivity index (χ2v) is 5.44. The molecule has 3 N–H and O–H groups in total. The SMILES string of the molecule is O=C(NCCc1n[nH]c(=O)[nH]1)C1CC(c2ccccc2)C1. The van der Waals surface area contributed by atoms with Crippen LogP contribution in [0, 0.1) is 5.92 Å². The number of carbonyl (C=O) groups excluding carboxylic acids is 1. The van der Waals surface area contributed by atoms with Crippen molar-refractivity contribution >= 4 is 5.91 Å². The van der Waals surface area contributed by atoms with E-state index in [4.69, 9.17) is 0 Å². The maximum absolute atomic E-state index is 12.0. The Bertz CT molecular complexity index is 656. The summed E-state index contributed by atoms with van der Waals surface area (Å²) in [6.45, 7) is 0.492. The van der Waals surface area contributed by atoms with Gasteiger partial charge in [0.1, 0.15) is 5.82 Å². The smallest absolute Gasteiger partial charge is 0.340 e. The van der Waals surface area contributed by atoms with Gasteiger partial charge in [0.25, 0.3) is 0 Å². The van der Waals surface area contributed by atoms with Crippen LogP contribution in [0.15, 0.2) is 35.1 Å². The van der Waals surface area contributed by atoms with Gasteiger partial charge in [-0.25, -0.2) is 9.89 Å². The third-order valence-electron chi connectivity index (χ3n) is 3.99. The van der Waals surface area contributed by atoms with Crippen molar-refractivity contribution in [2.75, 3.05) is 6.54 Å². The summed E-state index contributed by atoms with van der Waals surface area (Å²) >= 11 is 0. The molecule has 1 fully saturated rings. The van der Waals surface area contributed by atoms with Gasteiger partial charge in [0.15, 0.2) is 0 Å². The molecule has 0 atom stereocenters. The van der Waals surface area contributed by atoms with Crippen LogP contribution >= 0.6 is 0 Å². The third-order valence-corrected chi connectivity index (χ3v) is 3.99. The Hall–Kier alpha value is -2.37. The first-order valence-electron chi connectivity index (χ1n) is 7.18. The maximum Gasteiger partial charge on any atom is 0.340 e. The Morgan fingerprint density at radius 3 is 2.71 bits per heavy atom. The number of benzene rings is 1. The quantitative estimate of drug-likeness (QED) is 0.764. The molecule has 0 bridgehead atoms. The lowest BCUT2D eigenvalue weighted by Crippen LogP contribution is -2.38. The molecular weight excluding hydrogens is 268 g/mol. The molecule has 3 rings (SSSR count). The van der Waals surface area contributed by atoms with Crippen LogP contribution in [0.2, 0.25) is 0 Å². The molecule has 6 heteroatoms. The molecule has 0 aliphatic heterocycles. The molecule has 1 aliphatic rings. The van der Waals surface area contributed by atoms with Gasteiger partial charge in [0.05, 0.1) is 0 Å². The molecule has 1 amide bonds. The number of hydrogen-bond acceptors (Lipinski definition) is 3. The minimum Gasteiger partial charge on any atom is -0.355 e. The summed E-state index contributed by atoms with van der Waals surface area (Å²) in [4.78, 5) is 25.4. The summed E-state index contributed by atoms with van der Waals surface area (Å²) in [5.74, 6) is 1.27. The fraction of sp³-hybridized carbons (Fsp3) is 0.400. The van der Waals surface area contributed by atoms with Crippen LogP contribution in [-0.4, -0.2) is 27.6 Å². The number of carbonyl (C=O) groups is 1. The summed E-state index contributed by atoms with van der Waals surface area (Å²) in [6.07, 6.45) is 2.35. The molecule has 110 valence electrons. The van der Waals surface area contributed by atoms with Crippen molar-refractivity contribution < 1.29 is 4.79 Å². The lowest BCUT2D eigenvalue weighted by atomic mass is 9.71. The van der Waals surface area contributed by atoms with Crippen LogP contribution in [0.3, 0.4) is 0 Å². The van der Waals surface area contributed by atoms with Gasteiger partial charge in [-0.15, -0.1) is 0 Å². The van der Waals surface area contributed by atoms with Crippen LogP contribution in [0.1, 0.15) is 30.1 Å². The van der Waals surface area contributed by atoms with Gasteiger partial charge < -0.3 is 5.32 Å². The van der Waals surface area contributed by atoms with Gasteiger partial charge in [-0.05, 0) is 24.3 Å². The van der Waals surface area contributed by atoms with E-state index in [9.17, 15) is 9.59 Å². The maximum atomic E-state index is 12.0. The summed E-state index contributed by atoms with van der Waals surface area (Å²) in [5.41, 5.74) is 0.997. The fourth-order valence-electron chi connectivity index (χ4n) is 2.70. The predicted molar refractivity (Wildman–Crippen MR) is 77.8 cm³/mol. The zero-order valence-electron chi connectivity index (χ0n) is 11.6. The lowest BCUT2D eigenvalue weighted by molar-refractivity contribution is -0.127. The number of rotatable bonds is 5. The van der Waals surface area contributed by atoms with Crippen molar-refractivity contribution in [2.24, 2.45) is 5.92 Å². The molecule has 0 radical (unpaired) electrons. The van der Waals surface area contributed by atoms with E-state index in [0.29, 0.717) is 24.7 Å². The van der Waals surface area contributed by atoms with E-state index in [0.717, 1.165) is 12.8 Å². The molecule has 0 unspecified atom stereocenters. The monoisotopic (exact) mass is 286 g/mol. The largest absolute Gasteiger partial charge is 0.355 e. The van der Waals surface area contributed by atoms with Crippen molar-refractivity contribution in [3.8, 4) is 0 Å². The van der Waals surface area contributed by atoms with Crippen molar-refractivity contribution in [1.29, 1.82) is 0 Å². The molecule has 0 spiro atoms. The van der Waals surface area contributed by atoms with Crippen LogP contribution < -0.4 is 11.0 Å². The highest BCUT2D eigenvalue weighted by Gasteiger charge is 2.34. The Morgan fingerprint density at radius 2 is 2.05 bits per heavy atom. The van der Waals surface area contributed by atoms with Gasteiger partial charge in [-0.3, -0.25) is 9.78 Å². The normalized spacial score (nSPS) is 20.8. The predicted octanol–water partition coefficient (Wildman–Crippen LogP) is 0.950. The van der Waals surface area contributed by atoms with Crippen LogP contribution in [-0.2, 0) is 11.2 Å². The second-order valence-electron chi connectivity index (χ2n) is 5.44. The van der Waals surface area contributed by atoms with Gasteiger partial charge in [-0.2, -0.15) is 5.10 Å². The summed E-state index contributed by atoms with van der Waals surface area (Å²) in [6, 6.07) is 10.3. The summed E-state index contributed by atoms with van der Waals surface area (Å²) < 4.78 is 0. The number of aromatic amines is 2. The van der Waals surface area contributed by atoms with E-state index < -0.39 is 0 Å². The number of hydrogen-bond donors (Lipinski definition) is 3. The highest BCUT2D eigenvalue weighted by molar-refractivity contribution is 5.79. The van der Waals surface area contributed by atoms with Gasteiger partial charge in [0, 0.05) is 18.9 Å². The van der Waals surface area contributed by atoms with Gasteiger partial charge >= 0.3 is 5.69 Å². The van der Waals surface area contributed by atoms with Crippen molar-refractivity contribution in [1.82, 2.24) is 20.5 Å². The zero-order chi connectivity index (χ0) is 14.7. The first-order valence-corrected chi connectivity index (χ1v) is 7.18. The van der Waals surface area contributed by atoms with Gasteiger partial charge in [-0.1, -0.05) is 30.3 Å². The van der Waals surface area contributed by atoms with Crippen molar-refractivity contribution in [3.05, 3.63) is 52.2 Å². The molecule has 1 aromatic heterocycles. The Kier molecular flexibility index (Phi) is 3.85. The highest BCUT2D eigenvalue weighted by atomic mass is 16.2. The number of H-pyrrole nitrogens is 2. The number of nitrogens with zero attached hydrogens (tertiary/aromatic N) is 1. The average Bonchev–Trinajstić information content (AvgIpc) is 2.84. The van der Waals surface area contributed by atoms with Crippen LogP contribution in [0.25, 0.3) is 0 Å². The van der Waals surface area contributed by atoms with Crippen LogP contribution in [0.4, 0.5) is 0 Å². The molecule has 1 heterocycles. The van der Waals surface area contributed by atoms with E-state index >= 15 is 0 Å². The van der Waals surface area contributed by atoms with Crippen LogP contribution in [0.5, 0.6) is 0 Å². The molecule has 0 saturated heterocycles. The topological polar surface area (TPSA) is 90.6 Å². The second kappa shape index (κ2) is 5.95. The Balaban J connectivity index is 1.40.